The van der Waals surface area contributed by atoms with Crippen LogP contribution in [0.4, 0.5) is 8.78 Å². The molecule has 1 amide bonds. The Morgan fingerprint density at radius 1 is 1.32 bits per heavy atom. The van der Waals surface area contributed by atoms with Gasteiger partial charge in [0, 0.05) is 12.1 Å². The molecule has 1 aromatic rings. The van der Waals surface area contributed by atoms with Crippen LogP contribution in [0.5, 0.6) is 0 Å². The van der Waals surface area contributed by atoms with Crippen molar-refractivity contribution in [1.82, 2.24) is 5.32 Å². The maximum absolute atomic E-state index is 13.5. The van der Waals surface area contributed by atoms with Gasteiger partial charge in [-0.05, 0) is 37.4 Å². The number of nitrogens with two attached hydrogens (primary N) is 1. The lowest BCUT2D eigenvalue weighted by Gasteiger charge is -2.31. The van der Waals surface area contributed by atoms with Crippen molar-refractivity contribution >= 4 is 5.91 Å². The third-order valence-corrected chi connectivity index (χ3v) is 3.70. The largest absolute Gasteiger partial charge is 0.349 e. The number of halogens is 2. The van der Waals surface area contributed by atoms with Crippen molar-refractivity contribution in [2.24, 2.45) is 11.7 Å². The van der Waals surface area contributed by atoms with Gasteiger partial charge in [0.25, 0.3) is 5.91 Å². The number of amides is 1. The number of hydrogen-bond acceptors (Lipinski definition) is 2. The van der Waals surface area contributed by atoms with E-state index >= 15 is 0 Å². The fourth-order valence-electron chi connectivity index (χ4n) is 2.60. The quantitative estimate of drug-likeness (QED) is 0.883. The molecule has 1 aliphatic rings. The molecule has 0 bridgehead atoms. The Balaban J connectivity index is 2.07. The van der Waals surface area contributed by atoms with Crippen molar-refractivity contribution in [1.29, 1.82) is 0 Å². The van der Waals surface area contributed by atoms with Crippen LogP contribution in [0.1, 0.15) is 36.0 Å². The average molecular weight is 268 g/mol. The van der Waals surface area contributed by atoms with Crippen LogP contribution >= 0.6 is 0 Å². The smallest absolute Gasteiger partial charge is 0.254 e. The molecule has 2 atom stereocenters. The molecule has 0 aromatic heterocycles. The van der Waals surface area contributed by atoms with Gasteiger partial charge in [-0.25, -0.2) is 8.78 Å². The summed E-state index contributed by atoms with van der Waals surface area (Å²) in [5, 5.41) is 2.82. The third-order valence-electron chi connectivity index (χ3n) is 3.70. The Labute approximate surface area is 111 Å². The van der Waals surface area contributed by atoms with Crippen LogP contribution in [0.3, 0.4) is 0 Å². The first-order valence-corrected chi connectivity index (χ1v) is 6.58. The molecule has 0 aliphatic heterocycles. The van der Waals surface area contributed by atoms with Gasteiger partial charge < -0.3 is 11.1 Å². The SMILES string of the molecule is NCC1CCCCC1NC(=O)c1ccc(F)cc1F. The van der Waals surface area contributed by atoms with Crippen LogP contribution in [-0.2, 0) is 0 Å². The van der Waals surface area contributed by atoms with Gasteiger partial charge in [-0.2, -0.15) is 0 Å². The minimum Gasteiger partial charge on any atom is -0.349 e. The van der Waals surface area contributed by atoms with E-state index in [4.69, 9.17) is 5.73 Å². The van der Waals surface area contributed by atoms with Crippen molar-refractivity contribution < 1.29 is 13.6 Å². The van der Waals surface area contributed by atoms with Gasteiger partial charge >= 0.3 is 0 Å². The molecule has 19 heavy (non-hydrogen) atoms. The molecule has 1 aliphatic carbocycles. The van der Waals surface area contributed by atoms with Crippen LogP contribution in [0.25, 0.3) is 0 Å². The van der Waals surface area contributed by atoms with Crippen molar-refractivity contribution in [2.75, 3.05) is 6.54 Å². The second kappa shape index (κ2) is 6.10. The summed E-state index contributed by atoms with van der Waals surface area (Å²) in [6.45, 7) is 0.511. The first-order chi connectivity index (χ1) is 9.11. The van der Waals surface area contributed by atoms with Crippen LogP contribution in [0.15, 0.2) is 18.2 Å². The topological polar surface area (TPSA) is 55.1 Å². The standard InChI is InChI=1S/C14H18F2N2O/c15-10-5-6-11(12(16)7-10)14(19)18-13-4-2-1-3-9(13)8-17/h5-7,9,13H,1-4,8,17H2,(H,18,19). The molecule has 0 spiro atoms. The zero-order valence-electron chi connectivity index (χ0n) is 10.7. The molecule has 1 saturated carbocycles. The number of nitrogens with one attached hydrogen (secondary N) is 1. The molecule has 0 saturated heterocycles. The van der Waals surface area contributed by atoms with Crippen molar-refractivity contribution in [2.45, 2.75) is 31.7 Å². The summed E-state index contributed by atoms with van der Waals surface area (Å²) in [6.07, 6.45) is 3.98. The molecule has 104 valence electrons. The van der Waals surface area contributed by atoms with Crippen LogP contribution in [0, 0.1) is 17.6 Å². The fourth-order valence-corrected chi connectivity index (χ4v) is 2.60. The summed E-state index contributed by atoms with van der Waals surface area (Å²) in [5.74, 6) is -1.78. The summed E-state index contributed by atoms with van der Waals surface area (Å²) >= 11 is 0. The number of rotatable bonds is 3. The molecule has 0 radical (unpaired) electrons. The van der Waals surface area contributed by atoms with E-state index in [0.717, 1.165) is 37.8 Å². The van der Waals surface area contributed by atoms with Crippen LogP contribution < -0.4 is 11.1 Å². The Kier molecular flexibility index (Phi) is 4.47. The lowest BCUT2D eigenvalue weighted by Crippen LogP contribution is -2.44. The Morgan fingerprint density at radius 3 is 2.74 bits per heavy atom. The lowest BCUT2D eigenvalue weighted by molar-refractivity contribution is 0.0904. The number of benzene rings is 1. The maximum atomic E-state index is 13.5. The predicted molar refractivity (Wildman–Crippen MR) is 68.6 cm³/mol. The summed E-state index contributed by atoms with van der Waals surface area (Å²) < 4.78 is 26.3. The summed E-state index contributed by atoms with van der Waals surface area (Å²) in [4.78, 5) is 12.0. The molecule has 3 N–H and O–H groups in total. The molecule has 5 heteroatoms. The summed E-state index contributed by atoms with van der Waals surface area (Å²) in [5.41, 5.74) is 5.56. The lowest BCUT2D eigenvalue weighted by atomic mass is 9.84. The van der Waals surface area contributed by atoms with Gasteiger partial charge in [-0.3, -0.25) is 4.79 Å². The van der Waals surface area contributed by atoms with E-state index in [1.165, 1.54) is 6.07 Å². The maximum Gasteiger partial charge on any atom is 0.254 e. The monoisotopic (exact) mass is 268 g/mol. The Morgan fingerprint density at radius 2 is 2.05 bits per heavy atom. The van der Waals surface area contributed by atoms with Crippen LogP contribution in [0.2, 0.25) is 0 Å². The average Bonchev–Trinajstić information content (AvgIpc) is 2.39. The predicted octanol–water partition coefficient (Wildman–Crippen LogP) is 2.21. The highest BCUT2D eigenvalue weighted by Crippen LogP contribution is 2.24. The Hall–Kier alpha value is -1.49. The van der Waals surface area contributed by atoms with Crippen LogP contribution in [-0.4, -0.2) is 18.5 Å². The second-order valence-electron chi connectivity index (χ2n) is 4.98. The van der Waals surface area contributed by atoms with Crippen molar-refractivity contribution in [3.63, 3.8) is 0 Å². The molecular formula is C14H18F2N2O. The van der Waals surface area contributed by atoms with Gasteiger partial charge in [0.15, 0.2) is 0 Å². The van der Waals surface area contributed by atoms with Crippen molar-refractivity contribution in [3.05, 3.63) is 35.4 Å². The zero-order valence-corrected chi connectivity index (χ0v) is 10.7. The van der Waals surface area contributed by atoms with E-state index in [1.54, 1.807) is 0 Å². The molecule has 2 rings (SSSR count). The highest BCUT2D eigenvalue weighted by Gasteiger charge is 2.26. The number of carbonyl (C=O) groups is 1. The van der Waals surface area contributed by atoms with E-state index in [0.29, 0.717) is 6.54 Å². The van der Waals surface area contributed by atoms with E-state index in [9.17, 15) is 13.6 Å². The molecule has 1 aromatic carbocycles. The van der Waals surface area contributed by atoms with Gasteiger partial charge in [-0.15, -0.1) is 0 Å². The molecule has 2 unspecified atom stereocenters. The molecule has 3 nitrogen and oxygen atoms in total. The highest BCUT2D eigenvalue weighted by atomic mass is 19.1. The fraction of sp³-hybridized carbons (Fsp3) is 0.500. The molecular weight excluding hydrogens is 250 g/mol. The molecule has 0 heterocycles. The van der Waals surface area contributed by atoms with Gasteiger partial charge in [0.1, 0.15) is 11.6 Å². The number of hydrogen-bond donors (Lipinski definition) is 2. The van der Waals surface area contributed by atoms with Gasteiger partial charge in [-0.1, -0.05) is 12.8 Å². The Bertz CT molecular complexity index is 465. The number of carbonyl (C=O) groups excluding carboxylic acids is 1. The van der Waals surface area contributed by atoms with Gasteiger partial charge in [0.2, 0.25) is 0 Å². The van der Waals surface area contributed by atoms with Crippen molar-refractivity contribution in [3.8, 4) is 0 Å². The zero-order chi connectivity index (χ0) is 13.8. The highest BCUT2D eigenvalue weighted by molar-refractivity contribution is 5.94. The minimum atomic E-state index is -0.836. The molecule has 1 fully saturated rings. The van der Waals surface area contributed by atoms with E-state index in [-0.39, 0.29) is 17.5 Å². The van der Waals surface area contributed by atoms with E-state index in [2.05, 4.69) is 5.32 Å². The summed E-state index contributed by atoms with van der Waals surface area (Å²) in [7, 11) is 0. The van der Waals surface area contributed by atoms with E-state index in [1.807, 2.05) is 0 Å². The third kappa shape index (κ3) is 3.29. The summed E-state index contributed by atoms with van der Waals surface area (Å²) in [6, 6.07) is 2.95. The normalized spacial score (nSPS) is 23.1. The minimum absolute atomic E-state index is 0.0179. The van der Waals surface area contributed by atoms with E-state index < -0.39 is 17.5 Å². The first kappa shape index (κ1) is 13.9. The first-order valence-electron chi connectivity index (χ1n) is 6.58. The van der Waals surface area contributed by atoms with Gasteiger partial charge in [0.05, 0.1) is 5.56 Å². The second-order valence-corrected chi connectivity index (χ2v) is 4.98.